The van der Waals surface area contributed by atoms with Crippen LogP contribution in [0.25, 0.3) is 17.2 Å². The molecule has 3 rings (SSSR count). The van der Waals surface area contributed by atoms with E-state index in [1.807, 2.05) is 31.2 Å². The van der Waals surface area contributed by atoms with Gasteiger partial charge in [-0.1, -0.05) is 24.3 Å². The summed E-state index contributed by atoms with van der Waals surface area (Å²) in [6, 6.07) is 9.79. The summed E-state index contributed by atoms with van der Waals surface area (Å²) in [5, 5.41) is 5.67. The zero-order valence-corrected chi connectivity index (χ0v) is 17.0. The Labute approximate surface area is 173 Å². The average molecular weight is 407 g/mol. The van der Waals surface area contributed by atoms with Crippen molar-refractivity contribution < 1.29 is 13.6 Å². The first-order chi connectivity index (χ1) is 14.3. The minimum atomic E-state index is -0.892. The molecule has 154 valence electrons. The number of rotatable bonds is 4. The van der Waals surface area contributed by atoms with Crippen molar-refractivity contribution in [3.63, 3.8) is 0 Å². The summed E-state index contributed by atoms with van der Waals surface area (Å²) in [6.45, 7) is 5.12. The highest BCUT2D eigenvalue weighted by Crippen LogP contribution is 2.26. The van der Waals surface area contributed by atoms with E-state index >= 15 is 0 Å². The molecule has 0 saturated carbocycles. The summed E-state index contributed by atoms with van der Waals surface area (Å²) in [5.41, 5.74) is 9.53. The van der Waals surface area contributed by atoms with E-state index in [2.05, 4.69) is 10.2 Å². The van der Waals surface area contributed by atoms with E-state index in [0.29, 0.717) is 11.3 Å². The van der Waals surface area contributed by atoms with Crippen molar-refractivity contribution in [1.82, 2.24) is 10.2 Å². The SMILES string of the molecule is C/C=C\c1cc(-c2c[nH][nH]cc(C(=O)c3c(F)ccc(C)c3F)c(C)c2)ccc1N. The van der Waals surface area contributed by atoms with Crippen molar-refractivity contribution in [2.24, 2.45) is 0 Å². The monoisotopic (exact) mass is 407 g/mol. The molecular weight excluding hydrogens is 384 g/mol. The molecule has 30 heavy (non-hydrogen) atoms. The summed E-state index contributed by atoms with van der Waals surface area (Å²) in [6.07, 6.45) is 6.94. The van der Waals surface area contributed by atoms with E-state index in [4.69, 9.17) is 5.73 Å². The second kappa shape index (κ2) is 8.78. The molecule has 0 unspecified atom stereocenters. The molecule has 6 heteroatoms. The molecule has 0 aliphatic rings. The number of benzene rings is 2. The summed E-state index contributed by atoms with van der Waals surface area (Å²) < 4.78 is 28.8. The van der Waals surface area contributed by atoms with E-state index in [0.717, 1.165) is 22.8 Å². The highest BCUT2D eigenvalue weighted by Gasteiger charge is 2.21. The summed E-state index contributed by atoms with van der Waals surface area (Å²) >= 11 is 0. The van der Waals surface area contributed by atoms with Crippen molar-refractivity contribution >= 4 is 17.5 Å². The first kappa shape index (κ1) is 21.0. The second-order valence-corrected chi connectivity index (χ2v) is 7.00. The van der Waals surface area contributed by atoms with Crippen LogP contribution in [0.2, 0.25) is 0 Å². The van der Waals surface area contributed by atoms with Gasteiger partial charge in [0.25, 0.3) is 0 Å². The van der Waals surface area contributed by atoms with Crippen LogP contribution in [0.4, 0.5) is 14.5 Å². The third-order valence-corrected chi connectivity index (χ3v) is 4.85. The number of aryl methyl sites for hydroxylation is 2. The van der Waals surface area contributed by atoms with Gasteiger partial charge >= 0.3 is 0 Å². The highest BCUT2D eigenvalue weighted by molar-refractivity contribution is 6.10. The topological polar surface area (TPSA) is 74.7 Å². The molecule has 1 aromatic heterocycles. The predicted octanol–water partition coefficient (Wildman–Crippen LogP) is 5.88. The minimum Gasteiger partial charge on any atom is -0.398 e. The van der Waals surface area contributed by atoms with Gasteiger partial charge in [-0.25, -0.2) is 8.78 Å². The number of aromatic amines is 2. The van der Waals surface area contributed by atoms with E-state index in [1.165, 1.54) is 19.2 Å². The molecular formula is C24H23F2N3O. The lowest BCUT2D eigenvalue weighted by Gasteiger charge is -2.10. The number of ketones is 1. The van der Waals surface area contributed by atoms with Gasteiger partial charge in [-0.2, -0.15) is 0 Å². The molecule has 0 bridgehead atoms. The van der Waals surface area contributed by atoms with Gasteiger partial charge in [0.15, 0.2) is 0 Å². The van der Waals surface area contributed by atoms with Gasteiger partial charge in [-0.15, -0.1) is 0 Å². The number of nitrogen functional groups attached to an aromatic ring is 1. The van der Waals surface area contributed by atoms with Crippen molar-refractivity contribution in [2.75, 3.05) is 5.73 Å². The number of hydrogen-bond acceptors (Lipinski definition) is 2. The lowest BCUT2D eigenvalue weighted by Crippen LogP contribution is -2.10. The van der Waals surface area contributed by atoms with Crippen LogP contribution in [0.15, 0.2) is 54.9 Å². The number of hydrogen-bond donors (Lipinski definition) is 3. The molecule has 0 aliphatic carbocycles. The molecule has 0 atom stereocenters. The number of nitrogens with one attached hydrogen (secondary N) is 2. The third kappa shape index (κ3) is 4.17. The zero-order chi connectivity index (χ0) is 21.8. The van der Waals surface area contributed by atoms with Crippen LogP contribution in [0.3, 0.4) is 0 Å². The zero-order valence-electron chi connectivity index (χ0n) is 17.0. The molecule has 4 N–H and O–H groups in total. The normalized spacial score (nSPS) is 11.0. The van der Waals surface area contributed by atoms with Crippen molar-refractivity contribution in [3.8, 4) is 11.1 Å². The fourth-order valence-corrected chi connectivity index (χ4v) is 3.19. The largest absolute Gasteiger partial charge is 0.398 e. The lowest BCUT2D eigenvalue weighted by atomic mass is 9.97. The van der Waals surface area contributed by atoms with Crippen molar-refractivity contribution in [1.29, 1.82) is 0 Å². The number of anilines is 1. The average Bonchev–Trinajstić information content (AvgIpc) is 2.70. The number of carbonyl (C=O) groups is 1. The number of halogens is 2. The fraction of sp³-hybridized carbons (Fsp3) is 0.125. The summed E-state index contributed by atoms with van der Waals surface area (Å²) in [5.74, 6) is -2.48. The molecule has 0 radical (unpaired) electrons. The van der Waals surface area contributed by atoms with Crippen LogP contribution in [0, 0.1) is 25.5 Å². The Hall–Kier alpha value is -3.67. The molecule has 0 fully saturated rings. The Morgan fingerprint density at radius 3 is 2.43 bits per heavy atom. The first-order valence-corrected chi connectivity index (χ1v) is 9.45. The Balaban J connectivity index is 2.15. The number of H-pyrrole nitrogens is 2. The van der Waals surface area contributed by atoms with E-state index in [1.54, 1.807) is 25.3 Å². The standard InChI is InChI=1S/C24H23F2N3O/c1-4-5-17-11-16(7-9-21(17)27)18-10-15(3)19(13-29-28-12-18)24(30)22-20(25)8-6-14(2)23(22)26/h4-13,28-29H,27H2,1-3H3/b5-4-,15-10?,18-12?,19-13?. The highest BCUT2D eigenvalue weighted by atomic mass is 19.1. The van der Waals surface area contributed by atoms with Gasteiger partial charge in [0, 0.05) is 23.6 Å². The quantitative estimate of drug-likeness (QED) is 0.373. The summed E-state index contributed by atoms with van der Waals surface area (Å²) in [4.78, 5) is 13.0. The molecule has 4 nitrogen and oxygen atoms in total. The van der Waals surface area contributed by atoms with Crippen LogP contribution in [0.1, 0.15) is 39.5 Å². The first-order valence-electron chi connectivity index (χ1n) is 9.45. The molecule has 0 spiro atoms. The van der Waals surface area contributed by atoms with Gasteiger partial charge in [-0.3, -0.25) is 4.79 Å². The lowest BCUT2D eigenvalue weighted by molar-refractivity contribution is 0.103. The number of carbonyl (C=O) groups excluding carboxylic acids is 1. The maximum absolute atomic E-state index is 14.5. The van der Waals surface area contributed by atoms with E-state index in [-0.39, 0.29) is 11.1 Å². The van der Waals surface area contributed by atoms with Crippen LogP contribution < -0.4 is 5.73 Å². The Morgan fingerprint density at radius 1 is 0.967 bits per heavy atom. The van der Waals surface area contributed by atoms with Crippen molar-refractivity contribution in [2.45, 2.75) is 20.8 Å². The van der Waals surface area contributed by atoms with Crippen molar-refractivity contribution in [3.05, 3.63) is 94.3 Å². The molecule has 3 aromatic rings. The fourth-order valence-electron chi connectivity index (χ4n) is 3.19. The molecule has 0 amide bonds. The maximum Gasteiger partial charge on any atom is 0.200 e. The summed E-state index contributed by atoms with van der Waals surface area (Å²) in [7, 11) is 0. The smallest absolute Gasteiger partial charge is 0.200 e. The van der Waals surface area contributed by atoms with E-state index < -0.39 is 23.0 Å². The third-order valence-electron chi connectivity index (χ3n) is 4.85. The molecule has 0 saturated heterocycles. The van der Waals surface area contributed by atoms with Gasteiger partial charge < -0.3 is 15.9 Å². The van der Waals surface area contributed by atoms with Gasteiger partial charge in [0.2, 0.25) is 5.78 Å². The van der Waals surface area contributed by atoms with Gasteiger partial charge in [-0.05, 0) is 72.9 Å². The number of nitrogens with two attached hydrogens (primary N) is 1. The molecule has 1 heterocycles. The van der Waals surface area contributed by atoms with Crippen LogP contribution in [-0.2, 0) is 0 Å². The predicted molar refractivity (Wildman–Crippen MR) is 117 cm³/mol. The van der Waals surface area contributed by atoms with Crippen LogP contribution in [-0.4, -0.2) is 16.0 Å². The number of aromatic nitrogens is 2. The van der Waals surface area contributed by atoms with Crippen LogP contribution >= 0.6 is 0 Å². The van der Waals surface area contributed by atoms with Gasteiger partial charge in [0.1, 0.15) is 11.6 Å². The minimum absolute atomic E-state index is 0.153. The Bertz CT molecular complexity index is 1190. The Morgan fingerprint density at radius 2 is 1.70 bits per heavy atom. The maximum atomic E-state index is 14.5. The molecule has 2 aromatic carbocycles. The molecule has 0 aliphatic heterocycles. The Kier molecular flexibility index (Phi) is 6.16. The van der Waals surface area contributed by atoms with Crippen LogP contribution in [0.5, 0.6) is 0 Å². The van der Waals surface area contributed by atoms with E-state index in [9.17, 15) is 13.6 Å². The van der Waals surface area contributed by atoms with Gasteiger partial charge in [0.05, 0.1) is 5.56 Å². The second-order valence-electron chi connectivity index (χ2n) is 7.00. The number of allylic oxidation sites excluding steroid dienone is 1.